The van der Waals surface area contributed by atoms with Crippen LogP contribution >= 0.6 is 34.8 Å². The lowest BCUT2D eigenvalue weighted by molar-refractivity contribution is 0.106. The topological polar surface area (TPSA) is 30.0 Å². The zero-order chi connectivity index (χ0) is 10.9. The van der Waals surface area contributed by atoms with Gasteiger partial charge >= 0.3 is 0 Å². The van der Waals surface area contributed by atoms with Gasteiger partial charge in [-0.05, 0) is 17.7 Å². The van der Waals surface area contributed by atoms with Gasteiger partial charge in [0, 0.05) is 0 Å². The van der Waals surface area contributed by atoms with Crippen molar-refractivity contribution in [2.45, 2.75) is 6.43 Å². The highest BCUT2D eigenvalue weighted by Crippen LogP contribution is 2.31. The molecule has 0 atom stereocenters. The summed E-state index contributed by atoms with van der Waals surface area (Å²) in [6.45, 7) is 0. The molecule has 0 fully saturated rings. The minimum atomic E-state index is -2.93. The Bertz CT molecular complexity index is 383. The first-order valence-electron chi connectivity index (χ1n) is 3.27. The molecule has 0 radical (unpaired) electrons. The third kappa shape index (κ3) is 2.32. The summed E-state index contributed by atoms with van der Waals surface area (Å²) in [5.74, 6) is 0. The van der Waals surface area contributed by atoms with E-state index in [9.17, 15) is 13.6 Å². The third-order valence-electron chi connectivity index (χ3n) is 1.38. The van der Waals surface area contributed by atoms with E-state index >= 15 is 0 Å². The smallest absolute Gasteiger partial charge is 0.271 e. The van der Waals surface area contributed by atoms with Gasteiger partial charge < -0.3 is 0 Å². The molecule has 76 valence electrons. The summed E-state index contributed by atoms with van der Waals surface area (Å²) in [5.41, 5.74) is -1.31. The number of nitrogens with zero attached hydrogens (tertiary/aromatic N) is 1. The first kappa shape index (κ1) is 11.6. The first-order chi connectivity index (χ1) is 6.43. The monoisotopic (exact) mass is 259 g/mol. The summed E-state index contributed by atoms with van der Waals surface area (Å²) in [7, 11) is 0. The van der Waals surface area contributed by atoms with Gasteiger partial charge in [-0.25, -0.2) is 13.8 Å². The molecule has 0 aromatic carbocycles. The lowest BCUT2D eigenvalue weighted by Crippen LogP contribution is -2.03. The van der Waals surface area contributed by atoms with Crippen LogP contribution in [0.4, 0.5) is 8.78 Å². The maximum Gasteiger partial charge on any atom is 0.271 e. The van der Waals surface area contributed by atoms with Crippen molar-refractivity contribution >= 4 is 40.0 Å². The number of pyridine rings is 1. The summed E-state index contributed by atoms with van der Waals surface area (Å²) < 4.78 is 24.8. The molecule has 1 rings (SSSR count). The van der Waals surface area contributed by atoms with Gasteiger partial charge in [-0.2, -0.15) is 0 Å². The molecule has 0 saturated carbocycles. The number of rotatable bonds is 2. The van der Waals surface area contributed by atoms with Crippen molar-refractivity contribution in [3.8, 4) is 0 Å². The molecule has 1 aromatic rings. The van der Waals surface area contributed by atoms with Crippen LogP contribution in [0.2, 0.25) is 10.2 Å². The third-order valence-corrected chi connectivity index (χ3v) is 2.07. The van der Waals surface area contributed by atoms with Crippen LogP contribution in [-0.2, 0) is 0 Å². The fourth-order valence-electron chi connectivity index (χ4n) is 0.852. The lowest BCUT2D eigenvalue weighted by Gasteiger charge is -2.06. The normalized spacial score (nSPS) is 10.7. The Labute approximate surface area is 92.8 Å². The SMILES string of the molecule is O=C(Cl)c1nc(Cl)cc(Cl)c1C(F)F. The van der Waals surface area contributed by atoms with Crippen molar-refractivity contribution in [3.63, 3.8) is 0 Å². The zero-order valence-electron chi connectivity index (χ0n) is 6.40. The highest BCUT2D eigenvalue weighted by molar-refractivity contribution is 6.67. The van der Waals surface area contributed by atoms with Crippen molar-refractivity contribution in [3.05, 3.63) is 27.5 Å². The number of hydrogen-bond donors (Lipinski definition) is 0. The molecule has 2 nitrogen and oxygen atoms in total. The van der Waals surface area contributed by atoms with Crippen molar-refractivity contribution in [2.24, 2.45) is 0 Å². The minimum absolute atomic E-state index is 0.164. The molecule has 0 aliphatic carbocycles. The summed E-state index contributed by atoms with van der Waals surface area (Å²) in [4.78, 5) is 14.1. The highest BCUT2D eigenvalue weighted by atomic mass is 35.5. The van der Waals surface area contributed by atoms with Gasteiger partial charge in [0.05, 0.1) is 10.6 Å². The van der Waals surface area contributed by atoms with Crippen LogP contribution in [0, 0.1) is 0 Å². The van der Waals surface area contributed by atoms with Gasteiger partial charge in [-0.3, -0.25) is 4.79 Å². The number of halogens is 5. The number of carbonyl (C=O) groups excluding carboxylic acids is 1. The average molecular weight is 260 g/mol. The Morgan fingerprint density at radius 1 is 1.43 bits per heavy atom. The maximum absolute atomic E-state index is 12.4. The Kier molecular flexibility index (Phi) is 3.64. The largest absolute Gasteiger partial charge is 0.274 e. The molecular weight excluding hydrogens is 258 g/mol. The van der Waals surface area contributed by atoms with Crippen molar-refractivity contribution in [2.75, 3.05) is 0 Å². The average Bonchev–Trinajstić information content (AvgIpc) is 2.01. The minimum Gasteiger partial charge on any atom is -0.274 e. The summed E-state index contributed by atoms with van der Waals surface area (Å²) in [6.07, 6.45) is -2.93. The van der Waals surface area contributed by atoms with Gasteiger partial charge in [0.1, 0.15) is 10.8 Å². The van der Waals surface area contributed by atoms with Crippen molar-refractivity contribution < 1.29 is 13.6 Å². The van der Waals surface area contributed by atoms with Gasteiger partial charge in [-0.1, -0.05) is 23.2 Å². The van der Waals surface area contributed by atoms with E-state index < -0.39 is 22.9 Å². The summed E-state index contributed by atoms with van der Waals surface area (Å²) >= 11 is 15.9. The Hall–Kier alpha value is -0.450. The van der Waals surface area contributed by atoms with Gasteiger partial charge in [0.2, 0.25) is 0 Å². The van der Waals surface area contributed by atoms with Crippen LogP contribution < -0.4 is 0 Å². The van der Waals surface area contributed by atoms with Crippen LogP contribution in [0.5, 0.6) is 0 Å². The predicted molar refractivity (Wildman–Crippen MR) is 49.4 cm³/mol. The maximum atomic E-state index is 12.4. The molecule has 0 bridgehead atoms. The molecular formula is C7H2Cl3F2NO. The second kappa shape index (κ2) is 4.38. The molecule has 0 N–H and O–H groups in total. The molecule has 0 amide bonds. The molecule has 0 spiro atoms. The van der Waals surface area contributed by atoms with E-state index in [0.29, 0.717) is 0 Å². The zero-order valence-corrected chi connectivity index (χ0v) is 8.67. The predicted octanol–water partition coefficient (Wildman–Crippen LogP) is 3.71. The second-order valence-corrected chi connectivity index (χ2v) is 3.40. The van der Waals surface area contributed by atoms with Crippen LogP contribution in [0.1, 0.15) is 22.5 Å². The van der Waals surface area contributed by atoms with Crippen LogP contribution in [0.25, 0.3) is 0 Å². The molecule has 0 aliphatic rings. The highest BCUT2D eigenvalue weighted by Gasteiger charge is 2.23. The number of carbonyl (C=O) groups is 1. The van der Waals surface area contributed by atoms with Crippen LogP contribution in [0.3, 0.4) is 0 Å². The van der Waals surface area contributed by atoms with Gasteiger partial charge in [0.25, 0.3) is 11.7 Å². The molecule has 7 heteroatoms. The van der Waals surface area contributed by atoms with E-state index in [1.807, 2.05) is 0 Å². The van der Waals surface area contributed by atoms with Crippen molar-refractivity contribution in [1.29, 1.82) is 0 Å². The van der Waals surface area contributed by atoms with E-state index in [0.717, 1.165) is 6.07 Å². The number of aromatic nitrogens is 1. The quantitative estimate of drug-likeness (QED) is 0.599. The van der Waals surface area contributed by atoms with Gasteiger partial charge in [0.15, 0.2) is 0 Å². The molecule has 0 saturated heterocycles. The molecule has 14 heavy (non-hydrogen) atoms. The lowest BCUT2D eigenvalue weighted by atomic mass is 10.2. The number of hydrogen-bond acceptors (Lipinski definition) is 2. The Morgan fingerprint density at radius 3 is 2.43 bits per heavy atom. The fraction of sp³-hybridized carbons (Fsp3) is 0.143. The van der Waals surface area contributed by atoms with E-state index in [4.69, 9.17) is 34.8 Å². The van der Waals surface area contributed by atoms with Crippen LogP contribution in [0.15, 0.2) is 6.07 Å². The summed E-state index contributed by atoms with van der Waals surface area (Å²) in [5, 5.41) is -1.61. The standard InChI is InChI=1S/C7H2Cl3F2NO/c8-2-1-3(9)13-5(6(10)14)4(2)7(11)12/h1,7H. The fourth-order valence-corrected chi connectivity index (χ4v) is 1.52. The van der Waals surface area contributed by atoms with Crippen LogP contribution in [-0.4, -0.2) is 10.2 Å². The Morgan fingerprint density at radius 2 is 2.00 bits per heavy atom. The Balaban J connectivity index is 3.44. The number of alkyl halides is 2. The molecule has 0 aliphatic heterocycles. The van der Waals surface area contributed by atoms with E-state index in [1.54, 1.807) is 0 Å². The first-order valence-corrected chi connectivity index (χ1v) is 4.40. The summed E-state index contributed by atoms with van der Waals surface area (Å²) in [6, 6.07) is 1.02. The second-order valence-electron chi connectivity index (χ2n) is 2.26. The van der Waals surface area contributed by atoms with E-state index in [2.05, 4.69) is 4.98 Å². The van der Waals surface area contributed by atoms with Gasteiger partial charge in [-0.15, -0.1) is 0 Å². The van der Waals surface area contributed by atoms with E-state index in [1.165, 1.54) is 0 Å². The van der Waals surface area contributed by atoms with Crippen molar-refractivity contribution in [1.82, 2.24) is 4.98 Å². The van der Waals surface area contributed by atoms with E-state index in [-0.39, 0.29) is 10.2 Å². The molecule has 1 aromatic heterocycles. The molecule has 1 heterocycles. The molecule has 0 unspecified atom stereocenters.